The van der Waals surface area contributed by atoms with Crippen LogP contribution in [0.25, 0.3) is 0 Å². The second-order valence-electron chi connectivity index (χ2n) is 4.62. The lowest BCUT2D eigenvalue weighted by Gasteiger charge is -2.16. The van der Waals surface area contributed by atoms with Crippen LogP contribution in [0.1, 0.15) is 44.7 Å². The third kappa shape index (κ3) is 3.51. The minimum atomic E-state index is -0.737. The quantitative estimate of drug-likeness (QED) is 0.778. The van der Waals surface area contributed by atoms with Crippen LogP contribution in [0.2, 0.25) is 0 Å². The van der Waals surface area contributed by atoms with Gasteiger partial charge in [0.2, 0.25) is 0 Å². The van der Waals surface area contributed by atoms with E-state index in [0.717, 1.165) is 5.56 Å². The van der Waals surface area contributed by atoms with E-state index in [0.29, 0.717) is 5.92 Å². The first kappa shape index (κ1) is 11.3. The average molecular weight is 191 g/mol. The molecule has 0 saturated carbocycles. The van der Waals surface area contributed by atoms with Crippen molar-refractivity contribution in [3.8, 4) is 0 Å². The smallest absolute Gasteiger partial charge is 0.0666 e. The predicted octanol–water partition coefficient (Wildman–Crippen LogP) is 3.13. The molecule has 0 aliphatic carbocycles. The molecule has 1 radical (unpaired) electrons. The summed E-state index contributed by atoms with van der Waals surface area (Å²) in [6.45, 7) is 7.91. The molecular weight excluding hydrogens is 172 g/mol. The maximum Gasteiger partial charge on any atom is 0.0666 e. The molecule has 0 saturated heterocycles. The first-order valence-electron chi connectivity index (χ1n) is 5.07. The number of hydrogen-bond donors (Lipinski definition) is 1. The molecule has 14 heavy (non-hydrogen) atoms. The van der Waals surface area contributed by atoms with Crippen LogP contribution in [0.3, 0.4) is 0 Å². The molecule has 1 nitrogen and oxygen atoms in total. The maximum atomic E-state index is 9.59. The Balaban J connectivity index is 2.74. The second kappa shape index (κ2) is 4.14. The molecule has 77 valence electrons. The summed E-state index contributed by atoms with van der Waals surface area (Å²) in [4.78, 5) is 0. The highest BCUT2D eigenvalue weighted by atomic mass is 16.3. The molecular formula is C13H19O. The van der Waals surface area contributed by atoms with Crippen molar-refractivity contribution in [1.29, 1.82) is 0 Å². The number of aliphatic hydroxyl groups is 1. The summed E-state index contributed by atoms with van der Waals surface area (Å²) in [5, 5.41) is 9.59. The molecule has 1 N–H and O–H groups in total. The molecule has 1 aromatic rings. The lowest BCUT2D eigenvalue weighted by molar-refractivity contribution is 0.119. The van der Waals surface area contributed by atoms with Crippen LogP contribution in [0.5, 0.6) is 0 Å². The van der Waals surface area contributed by atoms with Crippen molar-refractivity contribution < 1.29 is 5.11 Å². The van der Waals surface area contributed by atoms with Gasteiger partial charge in [0.05, 0.1) is 5.60 Å². The molecule has 0 unspecified atom stereocenters. The van der Waals surface area contributed by atoms with E-state index in [2.05, 4.69) is 26.0 Å². The van der Waals surface area contributed by atoms with Crippen LogP contribution in [-0.4, -0.2) is 10.7 Å². The van der Waals surface area contributed by atoms with E-state index < -0.39 is 5.60 Å². The van der Waals surface area contributed by atoms with Gasteiger partial charge in [-0.3, -0.25) is 0 Å². The Hall–Kier alpha value is -0.820. The monoisotopic (exact) mass is 191 g/mol. The standard InChI is InChI=1S/C13H19O/c1-10(2)12-7-5-11(6-8-12)9-13(3,4)14/h5-10,14H,1-4H3. The Bertz CT molecular complexity index is 277. The van der Waals surface area contributed by atoms with Gasteiger partial charge < -0.3 is 5.11 Å². The molecule has 0 aromatic heterocycles. The summed E-state index contributed by atoms with van der Waals surface area (Å²) < 4.78 is 0. The van der Waals surface area contributed by atoms with Crippen LogP contribution in [0.15, 0.2) is 24.3 Å². The SMILES string of the molecule is CC(C)c1ccc([CH]C(C)(C)O)cc1. The largest absolute Gasteiger partial charge is 0.390 e. The van der Waals surface area contributed by atoms with Gasteiger partial charge >= 0.3 is 0 Å². The molecule has 0 heterocycles. The van der Waals surface area contributed by atoms with Crippen molar-refractivity contribution in [1.82, 2.24) is 0 Å². The highest BCUT2D eigenvalue weighted by Crippen LogP contribution is 2.18. The van der Waals surface area contributed by atoms with Crippen molar-refractivity contribution in [2.45, 2.75) is 39.2 Å². The summed E-state index contributed by atoms with van der Waals surface area (Å²) in [6.07, 6.45) is 1.86. The Morgan fingerprint density at radius 3 is 2.00 bits per heavy atom. The van der Waals surface area contributed by atoms with E-state index in [9.17, 15) is 5.11 Å². The van der Waals surface area contributed by atoms with Crippen LogP contribution < -0.4 is 0 Å². The molecule has 0 fully saturated rings. The lowest BCUT2D eigenvalue weighted by Crippen LogP contribution is -2.19. The Morgan fingerprint density at radius 2 is 1.64 bits per heavy atom. The van der Waals surface area contributed by atoms with Crippen molar-refractivity contribution in [2.75, 3.05) is 0 Å². The van der Waals surface area contributed by atoms with Crippen molar-refractivity contribution >= 4 is 0 Å². The van der Waals surface area contributed by atoms with Gasteiger partial charge in [-0.25, -0.2) is 0 Å². The van der Waals surface area contributed by atoms with Crippen molar-refractivity contribution in [3.05, 3.63) is 41.8 Å². The Morgan fingerprint density at radius 1 is 1.14 bits per heavy atom. The highest BCUT2D eigenvalue weighted by molar-refractivity contribution is 5.30. The molecule has 0 aliphatic heterocycles. The zero-order chi connectivity index (χ0) is 10.8. The normalized spacial score (nSPS) is 12.1. The summed E-state index contributed by atoms with van der Waals surface area (Å²) in [5.74, 6) is 0.561. The number of benzene rings is 1. The Labute approximate surface area is 86.8 Å². The molecule has 1 aromatic carbocycles. The van der Waals surface area contributed by atoms with E-state index in [4.69, 9.17) is 0 Å². The van der Waals surface area contributed by atoms with Gasteiger partial charge in [-0.2, -0.15) is 0 Å². The Kier molecular flexibility index (Phi) is 3.33. The topological polar surface area (TPSA) is 20.2 Å². The summed E-state index contributed by atoms with van der Waals surface area (Å²) in [5.41, 5.74) is 1.67. The van der Waals surface area contributed by atoms with Gasteiger partial charge in [-0.05, 0) is 30.9 Å². The minimum absolute atomic E-state index is 0.561. The van der Waals surface area contributed by atoms with E-state index in [-0.39, 0.29) is 0 Å². The van der Waals surface area contributed by atoms with Gasteiger partial charge in [0.25, 0.3) is 0 Å². The fourth-order valence-corrected chi connectivity index (χ4v) is 1.39. The van der Waals surface area contributed by atoms with Crippen LogP contribution >= 0.6 is 0 Å². The second-order valence-corrected chi connectivity index (χ2v) is 4.62. The molecule has 0 bridgehead atoms. The van der Waals surface area contributed by atoms with Gasteiger partial charge in [0.1, 0.15) is 0 Å². The first-order valence-corrected chi connectivity index (χ1v) is 5.07. The van der Waals surface area contributed by atoms with E-state index in [1.165, 1.54) is 5.56 Å². The number of rotatable bonds is 3. The summed E-state index contributed by atoms with van der Waals surface area (Å²) >= 11 is 0. The minimum Gasteiger partial charge on any atom is -0.390 e. The molecule has 1 heteroatoms. The average Bonchev–Trinajstić information content (AvgIpc) is 2.02. The highest BCUT2D eigenvalue weighted by Gasteiger charge is 2.13. The molecule has 0 aliphatic rings. The van der Waals surface area contributed by atoms with Crippen molar-refractivity contribution in [2.24, 2.45) is 0 Å². The predicted molar refractivity (Wildman–Crippen MR) is 60.2 cm³/mol. The fourth-order valence-electron chi connectivity index (χ4n) is 1.39. The van der Waals surface area contributed by atoms with E-state index >= 15 is 0 Å². The van der Waals surface area contributed by atoms with Gasteiger partial charge in [-0.15, -0.1) is 0 Å². The maximum absolute atomic E-state index is 9.59. The first-order chi connectivity index (χ1) is 6.38. The van der Waals surface area contributed by atoms with E-state index in [1.807, 2.05) is 18.6 Å². The van der Waals surface area contributed by atoms with Crippen LogP contribution in [-0.2, 0) is 0 Å². The molecule has 0 spiro atoms. The van der Waals surface area contributed by atoms with Crippen LogP contribution in [0.4, 0.5) is 0 Å². The zero-order valence-electron chi connectivity index (χ0n) is 9.41. The summed E-state index contributed by atoms with van der Waals surface area (Å²) in [7, 11) is 0. The van der Waals surface area contributed by atoms with E-state index in [1.54, 1.807) is 13.8 Å². The molecule has 1 rings (SSSR count). The molecule has 0 atom stereocenters. The third-order valence-corrected chi connectivity index (χ3v) is 2.12. The van der Waals surface area contributed by atoms with Crippen LogP contribution in [0, 0.1) is 6.42 Å². The lowest BCUT2D eigenvalue weighted by atomic mass is 9.96. The third-order valence-electron chi connectivity index (χ3n) is 2.12. The van der Waals surface area contributed by atoms with Gasteiger partial charge in [0.15, 0.2) is 0 Å². The fraction of sp³-hybridized carbons (Fsp3) is 0.462. The van der Waals surface area contributed by atoms with Crippen molar-refractivity contribution in [3.63, 3.8) is 0 Å². The van der Waals surface area contributed by atoms with Gasteiger partial charge in [0, 0.05) is 6.42 Å². The zero-order valence-corrected chi connectivity index (χ0v) is 9.41. The molecule has 0 amide bonds. The number of hydrogen-bond acceptors (Lipinski definition) is 1. The summed E-state index contributed by atoms with van der Waals surface area (Å²) in [6, 6.07) is 8.32. The van der Waals surface area contributed by atoms with Gasteiger partial charge in [-0.1, -0.05) is 38.1 Å².